The van der Waals surface area contributed by atoms with Gasteiger partial charge in [0.2, 0.25) is 8.91 Å². The molecule has 1 unspecified atom stereocenters. The highest BCUT2D eigenvalue weighted by Gasteiger charge is 2.37. The van der Waals surface area contributed by atoms with Gasteiger partial charge in [-0.15, -0.1) is 0 Å². The molecular formula is C12H12Cl3NO3S. The first kappa shape index (κ1) is 17.4. The van der Waals surface area contributed by atoms with Crippen molar-refractivity contribution in [3.8, 4) is 0 Å². The van der Waals surface area contributed by atoms with E-state index in [2.05, 4.69) is 5.32 Å². The van der Waals surface area contributed by atoms with E-state index in [1.807, 2.05) is 0 Å². The van der Waals surface area contributed by atoms with Crippen molar-refractivity contribution in [3.63, 3.8) is 0 Å². The predicted molar refractivity (Wildman–Crippen MR) is 82.6 cm³/mol. The molecule has 0 fully saturated rings. The summed E-state index contributed by atoms with van der Waals surface area (Å²) in [6.45, 7) is 1.82. The summed E-state index contributed by atoms with van der Waals surface area (Å²) in [6.07, 6.45) is -0.753. The number of amides is 1. The van der Waals surface area contributed by atoms with Crippen LogP contribution < -0.4 is 5.32 Å². The van der Waals surface area contributed by atoms with E-state index in [1.54, 1.807) is 37.3 Å². The molecule has 0 heterocycles. The fraction of sp³-hybridized carbons (Fsp3) is 0.333. The zero-order chi connectivity index (χ0) is 15.2. The average Bonchev–Trinajstić information content (AvgIpc) is 2.38. The van der Waals surface area contributed by atoms with Crippen LogP contribution in [-0.4, -0.2) is 27.0 Å². The quantitative estimate of drug-likeness (QED) is 0.654. The smallest absolute Gasteiger partial charge is 0.408 e. The molecule has 0 radical (unpaired) electrons. The number of benzene rings is 1. The fourth-order valence-electron chi connectivity index (χ4n) is 1.21. The molecule has 1 amide bonds. The summed E-state index contributed by atoms with van der Waals surface area (Å²) in [5.41, 5.74) is 0.447. The highest BCUT2D eigenvalue weighted by Crippen LogP contribution is 2.37. The molecule has 1 aromatic carbocycles. The molecule has 8 heteroatoms. The summed E-state index contributed by atoms with van der Waals surface area (Å²) >= 11 is 18.0. The predicted octanol–water partition coefficient (Wildman–Crippen LogP) is 4.00. The van der Waals surface area contributed by atoms with Gasteiger partial charge < -0.3 is 10.1 Å². The average molecular weight is 357 g/mol. The molecular weight excluding hydrogens is 345 g/mol. The largest absolute Gasteiger partial charge is 0.450 e. The zero-order valence-electron chi connectivity index (χ0n) is 10.4. The van der Waals surface area contributed by atoms with Crippen molar-refractivity contribution in [2.45, 2.75) is 16.1 Å². The number of alkyl carbamates (subject to hydrolysis) is 1. The molecule has 20 heavy (non-hydrogen) atoms. The molecule has 1 aromatic rings. The SMILES string of the molecule is CCOC(=O)NC(SC(=O)c1ccccc1)C(Cl)(Cl)Cl. The molecule has 0 aliphatic rings. The minimum atomic E-state index is -1.85. The van der Waals surface area contributed by atoms with E-state index in [-0.39, 0.29) is 11.7 Å². The minimum Gasteiger partial charge on any atom is -0.450 e. The van der Waals surface area contributed by atoms with E-state index in [9.17, 15) is 9.59 Å². The molecule has 0 aliphatic heterocycles. The van der Waals surface area contributed by atoms with Crippen LogP contribution in [0.3, 0.4) is 0 Å². The number of rotatable bonds is 4. The molecule has 1 rings (SSSR count). The maximum Gasteiger partial charge on any atom is 0.408 e. The van der Waals surface area contributed by atoms with Crippen molar-refractivity contribution in [2.24, 2.45) is 0 Å². The Morgan fingerprint density at radius 3 is 2.40 bits per heavy atom. The van der Waals surface area contributed by atoms with E-state index in [4.69, 9.17) is 39.5 Å². The molecule has 0 spiro atoms. The Morgan fingerprint density at radius 1 is 1.30 bits per heavy atom. The van der Waals surface area contributed by atoms with E-state index >= 15 is 0 Å². The Labute approximate surface area is 136 Å². The molecule has 110 valence electrons. The third-order valence-corrected chi connectivity index (χ3v) is 4.26. The summed E-state index contributed by atoms with van der Waals surface area (Å²) in [5, 5.41) is 0.967. The van der Waals surface area contributed by atoms with E-state index in [0.717, 1.165) is 0 Å². The number of hydrogen-bond donors (Lipinski definition) is 1. The lowest BCUT2D eigenvalue weighted by Gasteiger charge is -2.23. The van der Waals surface area contributed by atoms with Crippen LogP contribution in [0.15, 0.2) is 30.3 Å². The second-order valence-electron chi connectivity index (χ2n) is 3.56. The van der Waals surface area contributed by atoms with E-state index in [0.29, 0.717) is 17.3 Å². The van der Waals surface area contributed by atoms with Crippen LogP contribution in [0.25, 0.3) is 0 Å². The third kappa shape index (κ3) is 5.79. The lowest BCUT2D eigenvalue weighted by molar-refractivity contribution is 0.108. The van der Waals surface area contributed by atoms with Crippen LogP contribution in [0.1, 0.15) is 17.3 Å². The summed E-state index contributed by atoms with van der Waals surface area (Å²) < 4.78 is 2.86. The van der Waals surface area contributed by atoms with Crippen LogP contribution >= 0.6 is 46.6 Å². The maximum absolute atomic E-state index is 12.0. The van der Waals surface area contributed by atoms with Gasteiger partial charge in [-0.1, -0.05) is 76.9 Å². The summed E-state index contributed by atoms with van der Waals surface area (Å²) in [5.74, 6) is 0. The van der Waals surface area contributed by atoms with Crippen LogP contribution in [-0.2, 0) is 4.74 Å². The van der Waals surface area contributed by atoms with Gasteiger partial charge in [-0.3, -0.25) is 4.79 Å². The van der Waals surface area contributed by atoms with Gasteiger partial charge >= 0.3 is 6.09 Å². The van der Waals surface area contributed by atoms with Gasteiger partial charge in [0.05, 0.1) is 6.61 Å². The number of alkyl halides is 3. The standard InChI is InChI=1S/C12H12Cl3NO3S/c1-2-19-11(18)16-10(12(13,14)15)20-9(17)8-6-4-3-5-7-8/h3-7,10H,2H2,1H3,(H,16,18). The van der Waals surface area contributed by atoms with Gasteiger partial charge in [0, 0.05) is 5.56 Å². The summed E-state index contributed by atoms with van der Waals surface area (Å²) in [4.78, 5) is 23.4. The summed E-state index contributed by atoms with van der Waals surface area (Å²) in [7, 11) is 0. The summed E-state index contributed by atoms with van der Waals surface area (Å²) in [6, 6.07) is 8.49. The van der Waals surface area contributed by atoms with Gasteiger partial charge in [0.15, 0.2) is 0 Å². The highest BCUT2D eigenvalue weighted by molar-refractivity contribution is 8.14. The van der Waals surface area contributed by atoms with Gasteiger partial charge in [0.1, 0.15) is 5.37 Å². The lowest BCUT2D eigenvalue weighted by atomic mass is 10.2. The molecule has 1 N–H and O–H groups in total. The molecule has 0 aromatic heterocycles. The first-order valence-electron chi connectivity index (χ1n) is 5.60. The van der Waals surface area contributed by atoms with Crippen molar-refractivity contribution >= 4 is 57.8 Å². The van der Waals surface area contributed by atoms with Crippen molar-refractivity contribution in [3.05, 3.63) is 35.9 Å². The van der Waals surface area contributed by atoms with Crippen molar-refractivity contribution in [2.75, 3.05) is 6.61 Å². The first-order valence-corrected chi connectivity index (χ1v) is 7.62. The number of thioether (sulfide) groups is 1. The van der Waals surface area contributed by atoms with Crippen molar-refractivity contribution in [1.29, 1.82) is 0 Å². The monoisotopic (exact) mass is 355 g/mol. The molecule has 0 bridgehead atoms. The number of hydrogen-bond acceptors (Lipinski definition) is 4. The Bertz CT molecular complexity index is 465. The highest BCUT2D eigenvalue weighted by atomic mass is 35.6. The second-order valence-corrected chi connectivity index (χ2v) is 7.00. The molecule has 1 atom stereocenters. The third-order valence-electron chi connectivity index (χ3n) is 2.06. The zero-order valence-corrected chi connectivity index (χ0v) is 13.5. The van der Waals surface area contributed by atoms with Gasteiger partial charge in [-0.25, -0.2) is 4.79 Å². The minimum absolute atomic E-state index is 0.176. The number of nitrogens with one attached hydrogen (secondary N) is 1. The lowest BCUT2D eigenvalue weighted by Crippen LogP contribution is -2.42. The second kappa shape index (κ2) is 7.98. The normalized spacial score (nSPS) is 12.6. The van der Waals surface area contributed by atoms with E-state index in [1.165, 1.54) is 0 Å². The number of ether oxygens (including phenoxy) is 1. The molecule has 4 nitrogen and oxygen atoms in total. The van der Waals surface area contributed by atoms with E-state index < -0.39 is 15.3 Å². The maximum atomic E-state index is 12.0. The Kier molecular flexibility index (Phi) is 6.95. The van der Waals surface area contributed by atoms with Gasteiger partial charge in [-0.05, 0) is 6.92 Å². The van der Waals surface area contributed by atoms with Crippen LogP contribution in [0.4, 0.5) is 4.79 Å². The van der Waals surface area contributed by atoms with Crippen LogP contribution in [0.5, 0.6) is 0 Å². The molecule has 0 aliphatic carbocycles. The number of halogens is 3. The number of carbonyl (C=O) groups is 2. The van der Waals surface area contributed by atoms with Gasteiger partial charge in [-0.2, -0.15) is 0 Å². The molecule has 0 saturated heterocycles. The number of carbonyl (C=O) groups excluding carboxylic acids is 2. The van der Waals surface area contributed by atoms with Crippen molar-refractivity contribution in [1.82, 2.24) is 5.32 Å². The first-order chi connectivity index (χ1) is 9.34. The fourth-order valence-corrected chi connectivity index (χ4v) is 2.55. The van der Waals surface area contributed by atoms with Crippen LogP contribution in [0, 0.1) is 0 Å². The Hall–Kier alpha value is -0.620. The van der Waals surface area contributed by atoms with Gasteiger partial charge in [0.25, 0.3) is 0 Å². The van der Waals surface area contributed by atoms with Crippen LogP contribution in [0.2, 0.25) is 0 Å². The molecule has 0 saturated carbocycles. The Morgan fingerprint density at radius 2 is 1.90 bits per heavy atom. The topological polar surface area (TPSA) is 55.4 Å². The van der Waals surface area contributed by atoms with Crippen molar-refractivity contribution < 1.29 is 14.3 Å². The Balaban J connectivity index is 2.75.